The predicted octanol–water partition coefficient (Wildman–Crippen LogP) is 2.21. The zero-order chi connectivity index (χ0) is 8.97. The first-order valence-electron chi connectivity index (χ1n) is 4.14. The first-order chi connectivity index (χ1) is 5.76. The molecule has 0 bridgehead atoms. The Morgan fingerprint density at radius 1 is 1.50 bits per heavy atom. The van der Waals surface area contributed by atoms with E-state index in [9.17, 15) is 0 Å². The summed E-state index contributed by atoms with van der Waals surface area (Å²) in [5.41, 5.74) is 2.66. The van der Waals surface area contributed by atoms with Crippen LogP contribution < -0.4 is 0 Å². The summed E-state index contributed by atoms with van der Waals surface area (Å²) in [6.45, 7) is 4.09. The fraction of sp³-hybridized carbons (Fsp3) is 0.400. The molecule has 1 heterocycles. The molecule has 1 aromatic rings. The molecule has 0 atom stereocenters. The van der Waals surface area contributed by atoms with E-state index < -0.39 is 0 Å². The number of nitriles is 1. The molecule has 1 rings (SSSR count). The summed E-state index contributed by atoms with van der Waals surface area (Å²) < 4.78 is 0. The van der Waals surface area contributed by atoms with E-state index in [-0.39, 0.29) is 0 Å². The van der Waals surface area contributed by atoms with Crippen molar-refractivity contribution in [1.29, 1.82) is 5.26 Å². The molecular formula is C10H12N2. The second-order valence-corrected chi connectivity index (χ2v) is 2.88. The number of hydrogen-bond donors (Lipinski definition) is 0. The maximum absolute atomic E-state index is 8.64. The SMILES string of the molecule is CCCc1cc(C)cc(C#N)n1. The number of aryl methyl sites for hydroxylation is 2. The van der Waals surface area contributed by atoms with E-state index in [4.69, 9.17) is 5.26 Å². The van der Waals surface area contributed by atoms with Crippen LogP contribution in [0.3, 0.4) is 0 Å². The molecule has 0 spiro atoms. The van der Waals surface area contributed by atoms with Gasteiger partial charge in [-0.15, -0.1) is 0 Å². The average Bonchev–Trinajstić information content (AvgIpc) is 2.04. The van der Waals surface area contributed by atoms with Crippen molar-refractivity contribution in [2.45, 2.75) is 26.7 Å². The van der Waals surface area contributed by atoms with Crippen molar-refractivity contribution in [2.75, 3.05) is 0 Å². The lowest BCUT2D eigenvalue weighted by Crippen LogP contribution is -1.93. The maximum atomic E-state index is 8.64. The quantitative estimate of drug-likeness (QED) is 0.665. The Morgan fingerprint density at radius 3 is 2.83 bits per heavy atom. The van der Waals surface area contributed by atoms with Gasteiger partial charge in [-0.2, -0.15) is 5.26 Å². The minimum Gasteiger partial charge on any atom is -0.242 e. The van der Waals surface area contributed by atoms with Crippen molar-refractivity contribution in [1.82, 2.24) is 4.98 Å². The third-order valence-corrected chi connectivity index (χ3v) is 1.64. The number of aromatic nitrogens is 1. The largest absolute Gasteiger partial charge is 0.242 e. The summed E-state index contributed by atoms with van der Waals surface area (Å²) in [5.74, 6) is 0. The van der Waals surface area contributed by atoms with E-state index in [0.717, 1.165) is 24.1 Å². The smallest absolute Gasteiger partial charge is 0.141 e. The van der Waals surface area contributed by atoms with Crippen molar-refractivity contribution >= 4 is 0 Å². The van der Waals surface area contributed by atoms with E-state index >= 15 is 0 Å². The van der Waals surface area contributed by atoms with Gasteiger partial charge >= 0.3 is 0 Å². The Hall–Kier alpha value is -1.36. The van der Waals surface area contributed by atoms with E-state index in [1.807, 2.05) is 13.0 Å². The van der Waals surface area contributed by atoms with Crippen LogP contribution >= 0.6 is 0 Å². The fourth-order valence-electron chi connectivity index (χ4n) is 1.18. The number of pyridine rings is 1. The molecule has 2 nitrogen and oxygen atoms in total. The van der Waals surface area contributed by atoms with Crippen LogP contribution in [0.1, 0.15) is 30.3 Å². The highest BCUT2D eigenvalue weighted by molar-refractivity contribution is 5.27. The molecule has 0 fully saturated rings. The monoisotopic (exact) mass is 160 g/mol. The normalized spacial score (nSPS) is 9.42. The lowest BCUT2D eigenvalue weighted by Gasteiger charge is -1.99. The molecule has 0 aliphatic carbocycles. The Bertz CT molecular complexity index is 310. The Balaban J connectivity index is 3.00. The highest BCUT2D eigenvalue weighted by atomic mass is 14.7. The Kier molecular flexibility index (Phi) is 2.82. The van der Waals surface area contributed by atoms with E-state index in [1.165, 1.54) is 0 Å². The molecule has 0 saturated carbocycles. The van der Waals surface area contributed by atoms with E-state index in [0.29, 0.717) is 5.69 Å². The summed E-state index contributed by atoms with van der Waals surface area (Å²) in [7, 11) is 0. The van der Waals surface area contributed by atoms with Gasteiger partial charge in [-0.25, -0.2) is 4.98 Å². The molecule has 0 N–H and O–H groups in total. The molecule has 0 amide bonds. The minimum atomic E-state index is 0.526. The van der Waals surface area contributed by atoms with Gasteiger partial charge in [0.05, 0.1) is 0 Å². The molecule has 0 unspecified atom stereocenters. The van der Waals surface area contributed by atoms with Crippen molar-refractivity contribution < 1.29 is 0 Å². The third kappa shape index (κ3) is 2.06. The molecule has 0 saturated heterocycles. The van der Waals surface area contributed by atoms with E-state index in [2.05, 4.69) is 18.0 Å². The van der Waals surface area contributed by atoms with Gasteiger partial charge in [-0.1, -0.05) is 13.3 Å². The van der Waals surface area contributed by atoms with Gasteiger partial charge in [0.15, 0.2) is 0 Å². The van der Waals surface area contributed by atoms with Crippen LogP contribution in [0.5, 0.6) is 0 Å². The standard InChI is InChI=1S/C10H12N2/c1-3-4-9-5-8(2)6-10(7-11)12-9/h5-6H,3-4H2,1-2H3. The molecular weight excluding hydrogens is 148 g/mol. The van der Waals surface area contributed by atoms with Gasteiger partial charge in [-0.3, -0.25) is 0 Å². The van der Waals surface area contributed by atoms with Crippen LogP contribution in [0.15, 0.2) is 12.1 Å². The predicted molar refractivity (Wildman–Crippen MR) is 47.7 cm³/mol. The highest BCUT2D eigenvalue weighted by Gasteiger charge is 1.97. The average molecular weight is 160 g/mol. The summed E-state index contributed by atoms with van der Waals surface area (Å²) in [6, 6.07) is 5.89. The van der Waals surface area contributed by atoms with Crippen LogP contribution in [0, 0.1) is 18.3 Å². The zero-order valence-corrected chi connectivity index (χ0v) is 7.46. The molecule has 0 radical (unpaired) electrons. The van der Waals surface area contributed by atoms with E-state index in [1.54, 1.807) is 6.07 Å². The number of hydrogen-bond acceptors (Lipinski definition) is 2. The first-order valence-corrected chi connectivity index (χ1v) is 4.14. The van der Waals surface area contributed by atoms with Gasteiger partial charge in [0, 0.05) is 5.69 Å². The molecule has 0 aliphatic heterocycles. The maximum Gasteiger partial charge on any atom is 0.141 e. The molecule has 2 heteroatoms. The molecule has 1 aromatic heterocycles. The van der Waals surface area contributed by atoms with Crippen LogP contribution in [-0.2, 0) is 6.42 Å². The van der Waals surface area contributed by atoms with Gasteiger partial charge < -0.3 is 0 Å². The van der Waals surface area contributed by atoms with Gasteiger partial charge in [0.1, 0.15) is 11.8 Å². The van der Waals surface area contributed by atoms with Crippen LogP contribution in [0.25, 0.3) is 0 Å². The van der Waals surface area contributed by atoms with Crippen LogP contribution in [0.2, 0.25) is 0 Å². The third-order valence-electron chi connectivity index (χ3n) is 1.64. The Labute approximate surface area is 72.9 Å². The van der Waals surface area contributed by atoms with Gasteiger partial charge in [-0.05, 0) is 31.0 Å². The first kappa shape index (κ1) is 8.73. The van der Waals surface area contributed by atoms with Crippen molar-refractivity contribution in [3.8, 4) is 6.07 Å². The summed E-state index contributed by atoms with van der Waals surface area (Å²) in [4.78, 5) is 4.18. The topological polar surface area (TPSA) is 36.7 Å². The van der Waals surface area contributed by atoms with Crippen LogP contribution in [0.4, 0.5) is 0 Å². The minimum absolute atomic E-state index is 0.526. The van der Waals surface area contributed by atoms with Gasteiger partial charge in [0.25, 0.3) is 0 Å². The molecule has 12 heavy (non-hydrogen) atoms. The second kappa shape index (κ2) is 3.87. The van der Waals surface area contributed by atoms with Crippen molar-refractivity contribution in [3.63, 3.8) is 0 Å². The van der Waals surface area contributed by atoms with Crippen molar-refractivity contribution in [3.05, 3.63) is 29.1 Å². The summed E-state index contributed by atoms with van der Waals surface area (Å²) in [6.07, 6.45) is 2.03. The van der Waals surface area contributed by atoms with Gasteiger partial charge in [0.2, 0.25) is 0 Å². The lowest BCUT2D eigenvalue weighted by atomic mass is 10.1. The number of nitrogens with zero attached hydrogens (tertiary/aromatic N) is 2. The fourth-order valence-corrected chi connectivity index (χ4v) is 1.18. The highest BCUT2D eigenvalue weighted by Crippen LogP contribution is 2.05. The number of rotatable bonds is 2. The summed E-state index contributed by atoms with van der Waals surface area (Å²) >= 11 is 0. The summed E-state index contributed by atoms with van der Waals surface area (Å²) in [5, 5.41) is 8.64. The Morgan fingerprint density at radius 2 is 2.25 bits per heavy atom. The zero-order valence-electron chi connectivity index (χ0n) is 7.46. The molecule has 0 aliphatic rings. The molecule has 0 aromatic carbocycles. The van der Waals surface area contributed by atoms with Crippen LogP contribution in [-0.4, -0.2) is 4.98 Å². The van der Waals surface area contributed by atoms with Crippen molar-refractivity contribution in [2.24, 2.45) is 0 Å². The lowest BCUT2D eigenvalue weighted by molar-refractivity contribution is 0.876. The second-order valence-electron chi connectivity index (χ2n) is 2.88. The molecule has 62 valence electrons.